The van der Waals surface area contributed by atoms with Crippen LogP contribution in [0.15, 0.2) is 46.9 Å². The van der Waals surface area contributed by atoms with Crippen LogP contribution >= 0.6 is 0 Å². The van der Waals surface area contributed by atoms with Gasteiger partial charge in [0.05, 0.1) is 5.56 Å². The van der Waals surface area contributed by atoms with Gasteiger partial charge in [-0.3, -0.25) is 0 Å². The van der Waals surface area contributed by atoms with Crippen molar-refractivity contribution in [2.75, 3.05) is 0 Å². The highest BCUT2D eigenvalue weighted by Gasteiger charge is 2.30. The highest BCUT2D eigenvalue weighted by molar-refractivity contribution is 5.76. The summed E-state index contributed by atoms with van der Waals surface area (Å²) in [7, 11) is 0. The van der Waals surface area contributed by atoms with E-state index >= 15 is 0 Å². The number of fused-ring (bicyclic) bond motifs is 1. The molecule has 0 radical (unpaired) electrons. The van der Waals surface area contributed by atoms with E-state index in [2.05, 4.69) is 4.98 Å². The van der Waals surface area contributed by atoms with Gasteiger partial charge in [0.1, 0.15) is 5.52 Å². The van der Waals surface area contributed by atoms with E-state index in [9.17, 15) is 13.2 Å². The standard InChI is InChI=1S/C15H10F3NO/c1-9-2-7-12-13(8-9)20-14(19-12)10-3-5-11(6-4-10)15(16,17)18/h2-8H,1H3. The van der Waals surface area contributed by atoms with Crippen LogP contribution in [0.1, 0.15) is 11.1 Å². The third-order valence-corrected chi connectivity index (χ3v) is 3.00. The number of aryl methyl sites for hydroxylation is 1. The van der Waals surface area contributed by atoms with E-state index in [0.29, 0.717) is 22.6 Å². The summed E-state index contributed by atoms with van der Waals surface area (Å²) in [5, 5.41) is 0. The molecule has 2 nitrogen and oxygen atoms in total. The fourth-order valence-electron chi connectivity index (χ4n) is 1.96. The SMILES string of the molecule is Cc1ccc2nc(-c3ccc(C(F)(F)F)cc3)oc2c1. The van der Waals surface area contributed by atoms with Crippen molar-refractivity contribution in [3.63, 3.8) is 0 Å². The molecule has 0 aliphatic carbocycles. The smallest absolute Gasteiger partial charge is 0.416 e. The number of hydrogen-bond acceptors (Lipinski definition) is 2. The van der Waals surface area contributed by atoms with Crippen molar-refractivity contribution in [3.8, 4) is 11.5 Å². The summed E-state index contributed by atoms with van der Waals surface area (Å²) in [6.07, 6.45) is -4.34. The van der Waals surface area contributed by atoms with Crippen LogP contribution in [0.3, 0.4) is 0 Å². The molecule has 3 aromatic rings. The summed E-state index contributed by atoms with van der Waals surface area (Å²) in [5.74, 6) is 0.319. The second-order valence-corrected chi connectivity index (χ2v) is 4.57. The summed E-state index contributed by atoms with van der Waals surface area (Å²) in [6.45, 7) is 1.93. The van der Waals surface area contributed by atoms with Crippen molar-refractivity contribution < 1.29 is 17.6 Å². The molecule has 0 saturated heterocycles. The van der Waals surface area contributed by atoms with E-state index in [1.165, 1.54) is 12.1 Å². The van der Waals surface area contributed by atoms with Gasteiger partial charge in [-0.1, -0.05) is 6.07 Å². The molecule has 2 aromatic carbocycles. The van der Waals surface area contributed by atoms with E-state index < -0.39 is 11.7 Å². The molecule has 1 heterocycles. The van der Waals surface area contributed by atoms with Gasteiger partial charge < -0.3 is 4.42 Å². The second kappa shape index (κ2) is 4.37. The molecule has 20 heavy (non-hydrogen) atoms. The summed E-state index contributed by atoms with van der Waals surface area (Å²) in [4.78, 5) is 4.27. The van der Waals surface area contributed by atoms with Gasteiger partial charge in [0.15, 0.2) is 5.58 Å². The van der Waals surface area contributed by atoms with Crippen molar-refractivity contribution in [2.24, 2.45) is 0 Å². The van der Waals surface area contributed by atoms with Gasteiger partial charge in [0, 0.05) is 5.56 Å². The Morgan fingerprint density at radius 1 is 1.00 bits per heavy atom. The molecule has 0 aliphatic rings. The highest BCUT2D eigenvalue weighted by Crippen LogP contribution is 2.31. The Hall–Kier alpha value is -2.30. The summed E-state index contributed by atoms with van der Waals surface area (Å²) in [6, 6.07) is 10.3. The van der Waals surface area contributed by atoms with Gasteiger partial charge in [-0.15, -0.1) is 0 Å². The first-order valence-corrected chi connectivity index (χ1v) is 5.98. The number of oxazole rings is 1. The van der Waals surface area contributed by atoms with E-state index in [-0.39, 0.29) is 0 Å². The molecular weight excluding hydrogens is 267 g/mol. The molecule has 0 atom stereocenters. The average molecular weight is 277 g/mol. The van der Waals surface area contributed by atoms with Gasteiger partial charge in [0.25, 0.3) is 0 Å². The minimum atomic E-state index is -4.34. The summed E-state index contributed by atoms with van der Waals surface area (Å²) >= 11 is 0. The van der Waals surface area contributed by atoms with Gasteiger partial charge in [-0.05, 0) is 48.9 Å². The summed E-state index contributed by atoms with van der Waals surface area (Å²) < 4.78 is 43.1. The van der Waals surface area contributed by atoms with Crippen molar-refractivity contribution >= 4 is 11.1 Å². The summed E-state index contributed by atoms with van der Waals surface area (Å²) in [5.41, 5.74) is 2.18. The molecule has 0 N–H and O–H groups in total. The maximum atomic E-state index is 12.5. The molecule has 0 bridgehead atoms. The van der Waals surface area contributed by atoms with Crippen LogP contribution in [-0.4, -0.2) is 4.98 Å². The van der Waals surface area contributed by atoms with Crippen molar-refractivity contribution in [1.29, 1.82) is 0 Å². The molecule has 0 fully saturated rings. The quantitative estimate of drug-likeness (QED) is 0.637. The maximum absolute atomic E-state index is 12.5. The number of halogens is 3. The van der Waals surface area contributed by atoms with E-state index in [4.69, 9.17) is 4.42 Å². The van der Waals surface area contributed by atoms with Crippen LogP contribution in [0.4, 0.5) is 13.2 Å². The Balaban J connectivity index is 2.02. The van der Waals surface area contributed by atoms with Crippen LogP contribution < -0.4 is 0 Å². The van der Waals surface area contributed by atoms with Gasteiger partial charge in [-0.2, -0.15) is 13.2 Å². The Morgan fingerprint density at radius 3 is 2.35 bits per heavy atom. The number of hydrogen-bond donors (Lipinski definition) is 0. The van der Waals surface area contributed by atoms with Crippen LogP contribution in [0.5, 0.6) is 0 Å². The molecule has 0 unspecified atom stereocenters. The molecular formula is C15H10F3NO. The van der Waals surface area contributed by atoms with E-state index in [1.807, 2.05) is 25.1 Å². The molecule has 0 aliphatic heterocycles. The zero-order valence-electron chi connectivity index (χ0n) is 10.5. The minimum absolute atomic E-state index is 0.319. The molecule has 0 spiro atoms. The molecule has 0 saturated carbocycles. The molecule has 5 heteroatoms. The van der Waals surface area contributed by atoms with Crippen molar-refractivity contribution in [2.45, 2.75) is 13.1 Å². The molecule has 1 aromatic heterocycles. The lowest BCUT2D eigenvalue weighted by atomic mass is 10.1. The Bertz CT molecular complexity index is 757. The normalized spacial score (nSPS) is 12.0. The second-order valence-electron chi connectivity index (χ2n) is 4.57. The minimum Gasteiger partial charge on any atom is -0.436 e. The Kier molecular flexibility index (Phi) is 2.78. The van der Waals surface area contributed by atoms with Crippen LogP contribution in [0.2, 0.25) is 0 Å². The van der Waals surface area contributed by atoms with E-state index in [1.54, 1.807) is 0 Å². The monoisotopic (exact) mass is 277 g/mol. The molecule has 3 rings (SSSR count). The topological polar surface area (TPSA) is 26.0 Å². The van der Waals surface area contributed by atoms with Crippen molar-refractivity contribution in [3.05, 3.63) is 53.6 Å². The Morgan fingerprint density at radius 2 is 1.70 bits per heavy atom. The van der Waals surface area contributed by atoms with Gasteiger partial charge >= 0.3 is 6.18 Å². The van der Waals surface area contributed by atoms with Crippen LogP contribution in [0.25, 0.3) is 22.6 Å². The largest absolute Gasteiger partial charge is 0.436 e. The number of nitrogens with zero attached hydrogens (tertiary/aromatic N) is 1. The first-order valence-electron chi connectivity index (χ1n) is 5.98. The first kappa shape index (κ1) is 12.7. The maximum Gasteiger partial charge on any atom is 0.416 e. The number of alkyl halides is 3. The fraction of sp³-hybridized carbons (Fsp3) is 0.133. The van der Waals surface area contributed by atoms with Crippen LogP contribution in [-0.2, 0) is 6.18 Å². The van der Waals surface area contributed by atoms with Crippen LogP contribution in [0, 0.1) is 6.92 Å². The van der Waals surface area contributed by atoms with Gasteiger partial charge in [-0.25, -0.2) is 4.98 Å². The predicted molar refractivity (Wildman–Crippen MR) is 69.2 cm³/mol. The zero-order valence-corrected chi connectivity index (χ0v) is 10.5. The molecule has 0 amide bonds. The average Bonchev–Trinajstić information content (AvgIpc) is 2.80. The third-order valence-electron chi connectivity index (χ3n) is 3.00. The number of rotatable bonds is 1. The molecule has 102 valence electrons. The van der Waals surface area contributed by atoms with Gasteiger partial charge in [0.2, 0.25) is 5.89 Å². The first-order chi connectivity index (χ1) is 9.43. The highest BCUT2D eigenvalue weighted by atomic mass is 19.4. The predicted octanol–water partition coefficient (Wildman–Crippen LogP) is 4.82. The Labute approximate surface area is 112 Å². The number of aromatic nitrogens is 1. The lowest BCUT2D eigenvalue weighted by Crippen LogP contribution is -2.03. The van der Waals surface area contributed by atoms with Crippen molar-refractivity contribution in [1.82, 2.24) is 4.98 Å². The van der Waals surface area contributed by atoms with E-state index in [0.717, 1.165) is 17.7 Å². The lowest BCUT2D eigenvalue weighted by Gasteiger charge is -2.05. The zero-order chi connectivity index (χ0) is 14.3. The third kappa shape index (κ3) is 2.27. The fourth-order valence-corrected chi connectivity index (χ4v) is 1.96. The lowest BCUT2D eigenvalue weighted by molar-refractivity contribution is -0.137. The number of benzene rings is 2.